The Kier molecular flexibility index (Phi) is 3.80. The van der Waals surface area contributed by atoms with Crippen LogP contribution in [0.1, 0.15) is 0 Å². The maximum Gasteiger partial charge on any atom is 0.296 e. The summed E-state index contributed by atoms with van der Waals surface area (Å²) in [5.41, 5.74) is -0.422. The van der Waals surface area contributed by atoms with Gasteiger partial charge in [-0.2, -0.15) is 0 Å². The molecule has 1 heterocycles. The molecule has 1 saturated heterocycles. The number of aromatic hydroxyl groups is 1. The van der Waals surface area contributed by atoms with Gasteiger partial charge in [-0.25, -0.2) is 0 Å². The third kappa shape index (κ3) is 3.01. The number of rotatable bonds is 3. The topological polar surface area (TPSA) is 134 Å². The molecule has 0 spiro atoms. The van der Waals surface area contributed by atoms with Crippen molar-refractivity contribution in [1.82, 2.24) is 10.6 Å². The summed E-state index contributed by atoms with van der Waals surface area (Å²) >= 11 is 0. The fourth-order valence-corrected chi connectivity index (χ4v) is 1.75. The molecule has 9 heteroatoms. The number of nitro groups is 1. The summed E-state index contributed by atoms with van der Waals surface area (Å²) in [6, 6.07) is 2.76. The molecule has 2 rings (SSSR count). The summed E-state index contributed by atoms with van der Waals surface area (Å²) in [4.78, 5) is 33.0. The first-order valence-corrected chi connectivity index (χ1v) is 5.75. The minimum atomic E-state index is -0.703. The standard InChI is InChI=1S/C11H12N4O5/c16-6-1-2-7(9(3-6)15(19)20)14-11(18)8-4-13-10(17)5-12-8/h1-3,8,12,16H,4-5H2,(H,13,17)(H,14,18). The van der Waals surface area contributed by atoms with Crippen molar-refractivity contribution in [1.29, 1.82) is 0 Å². The maximum absolute atomic E-state index is 11.9. The van der Waals surface area contributed by atoms with E-state index in [0.29, 0.717) is 0 Å². The quantitative estimate of drug-likeness (QED) is 0.329. The zero-order valence-electron chi connectivity index (χ0n) is 10.3. The summed E-state index contributed by atoms with van der Waals surface area (Å²) in [5, 5.41) is 27.7. The van der Waals surface area contributed by atoms with Gasteiger partial charge in [0.2, 0.25) is 11.8 Å². The first-order valence-electron chi connectivity index (χ1n) is 5.75. The van der Waals surface area contributed by atoms with E-state index in [0.717, 1.165) is 6.07 Å². The number of nitrogens with one attached hydrogen (secondary N) is 3. The molecule has 1 aliphatic heterocycles. The first-order chi connectivity index (χ1) is 9.47. The van der Waals surface area contributed by atoms with Crippen LogP contribution in [0.4, 0.5) is 11.4 Å². The molecule has 1 aromatic carbocycles. The van der Waals surface area contributed by atoms with Crippen LogP contribution < -0.4 is 16.0 Å². The van der Waals surface area contributed by atoms with Gasteiger partial charge in [-0.1, -0.05) is 0 Å². The third-order valence-corrected chi connectivity index (χ3v) is 2.76. The molecule has 20 heavy (non-hydrogen) atoms. The van der Waals surface area contributed by atoms with Gasteiger partial charge in [0.15, 0.2) is 0 Å². The van der Waals surface area contributed by atoms with Gasteiger partial charge in [0, 0.05) is 6.54 Å². The lowest BCUT2D eigenvalue weighted by Gasteiger charge is -2.23. The van der Waals surface area contributed by atoms with Crippen LogP contribution in [0.3, 0.4) is 0 Å². The van der Waals surface area contributed by atoms with Gasteiger partial charge < -0.3 is 15.7 Å². The smallest absolute Gasteiger partial charge is 0.296 e. The van der Waals surface area contributed by atoms with Crippen molar-refractivity contribution in [3.05, 3.63) is 28.3 Å². The molecule has 0 saturated carbocycles. The predicted octanol–water partition coefficient (Wildman–Crippen LogP) is -0.673. The van der Waals surface area contributed by atoms with Crippen molar-refractivity contribution < 1.29 is 19.6 Å². The number of nitrogens with zero attached hydrogens (tertiary/aromatic N) is 1. The highest BCUT2D eigenvalue weighted by Crippen LogP contribution is 2.28. The van der Waals surface area contributed by atoms with Gasteiger partial charge in [0.05, 0.1) is 17.5 Å². The van der Waals surface area contributed by atoms with Crippen molar-refractivity contribution in [3.63, 3.8) is 0 Å². The molecule has 1 unspecified atom stereocenters. The molecule has 1 atom stereocenters. The van der Waals surface area contributed by atoms with Gasteiger partial charge in [0.25, 0.3) is 5.69 Å². The molecular weight excluding hydrogens is 268 g/mol. The third-order valence-electron chi connectivity index (χ3n) is 2.76. The van der Waals surface area contributed by atoms with E-state index in [1.54, 1.807) is 0 Å². The van der Waals surface area contributed by atoms with Crippen LogP contribution in [0.2, 0.25) is 0 Å². The number of carbonyl (C=O) groups excluding carboxylic acids is 2. The lowest BCUT2D eigenvalue weighted by molar-refractivity contribution is -0.384. The van der Waals surface area contributed by atoms with Crippen LogP contribution in [0.25, 0.3) is 0 Å². The molecule has 0 radical (unpaired) electrons. The Morgan fingerprint density at radius 2 is 2.25 bits per heavy atom. The summed E-state index contributed by atoms with van der Waals surface area (Å²) in [6.07, 6.45) is 0. The van der Waals surface area contributed by atoms with Crippen LogP contribution in [0, 0.1) is 10.1 Å². The van der Waals surface area contributed by atoms with Crippen molar-refractivity contribution in [2.45, 2.75) is 6.04 Å². The van der Waals surface area contributed by atoms with Crippen LogP contribution in [0.15, 0.2) is 18.2 Å². The van der Waals surface area contributed by atoms with E-state index < -0.39 is 22.6 Å². The van der Waals surface area contributed by atoms with Crippen LogP contribution in [-0.4, -0.2) is 41.0 Å². The highest BCUT2D eigenvalue weighted by atomic mass is 16.6. The molecule has 106 valence electrons. The lowest BCUT2D eigenvalue weighted by atomic mass is 10.2. The molecule has 1 aromatic rings. The molecule has 0 aromatic heterocycles. The average Bonchev–Trinajstić information content (AvgIpc) is 2.41. The summed E-state index contributed by atoms with van der Waals surface area (Å²) < 4.78 is 0. The number of phenols is 1. The van der Waals surface area contributed by atoms with E-state index in [1.165, 1.54) is 12.1 Å². The first kappa shape index (κ1) is 13.7. The lowest BCUT2D eigenvalue weighted by Crippen LogP contribution is -2.56. The number of amides is 2. The Morgan fingerprint density at radius 1 is 1.50 bits per heavy atom. The van der Waals surface area contributed by atoms with E-state index in [-0.39, 0.29) is 30.4 Å². The van der Waals surface area contributed by atoms with Gasteiger partial charge in [-0.05, 0) is 12.1 Å². The summed E-state index contributed by atoms with van der Waals surface area (Å²) in [5.74, 6) is -0.985. The van der Waals surface area contributed by atoms with Crippen LogP contribution >= 0.6 is 0 Å². The number of hydrogen-bond donors (Lipinski definition) is 4. The van der Waals surface area contributed by atoms with Crippen molar-refractivity contribution in [2.75, 3.05) is 18.4 Å². The van der Waals surface area contributed by atoms with Crippen LogP contribution in [0.5, 0.6) is 5.75 Å². The van der Waals surface area contributed by atoms with Crippen molar-refractivity contribution in [2.24, 2.45) is 0 Å². The SMILES string of the molecule is O=C1CNC(C(=O)Nc2ccc(O)cc2[N+](=O)[O-])CN1. The number of hydrogen-bond acceptors (Lipinski definition) is 6. The summed E-state index contributed by atoms with van der Waals surface area (Å²) in [6.45, 7) is 0.117. The Bertz CT molecular complexity index is 564. The average molecular weight is 280 g/mol. The fourth-order valence-electron chi connectivity index (χ4n) is 1.75. The number of nitro benzene ring substituents is 1. The molecule has 1 fully saturated rings. The zero-order chi connectivity index (χ0) is 14.7. The predicted molar refractivity (Wildman–Crippen MR) is 68.2 cm³/mol. The van der Waals surface area contributed by atoms with E-state index in [4.69, 9.17) is 0 Å². The second-order valence-electron chi connectivity index (χ2n) is 4.19. The minimum Gasteiger partial charge on any atom is -0.508 e. The Morgan fingerprint density at radius 3 is 2.85 bits per heavy atom. The number of benzene rings is 1. The van der Waals surface area contributed by atoms with Gasteiger partial charge >= 0.3 is 0 Å². The maximum atomic E-state index is 11.9. The number of phenolic OH excluding ortho intramolecular Hbond substituents is 1. The molecule has 9 nitrogen and oxygen atoms in total. The van der Waals surface area contributed by atoms with Gasteiger partial charge in [-0.3, -0.25) is 25.0 Å². The Balaban J connectivity index is 2.11. The number of piperazine rings is 1. The molecule has 0 bridgehead atoms. The summed E-state index contributed by atoms with van der Waals surface area (Å²) in [7, 11) is 0. The Labute approximate surface area is 113 Å². The Hall–Kier alpha value is -2.68. The van der Waals surface area contributed by atoms with E-state index in [2.05, 4.69) is 16.0 Å². The highest BCUT2D eigenvalue weighted by molar-refractivity contribution is 5.98. The van der Waals surface area contributed by atoms with Crippen molar-refractivity contribution in [3.8, 4) is 5.75 Å². The van der Waals surface area contributed by atoms with E-state index in [1.807, 2.05) is 0 Å². The van der Waals surface area contributed by atoms with Crippen LogP contribution in [-0.2, 0) is 9.59 Å². The molecule has 0 aliphatic carbocycles. The number of carbonyl (C=O) groups is 2. The highest BCUT2D eigenvalue weighted by Gasteiger charge is 2.25. The molecule has 4 N–H and O–H groups in total. The van der Waals surface area contributed by atoms with Gasteiger partial charge in [-0.15, -0.1) is 0 Å². The second-order valence-corrected chi connectivity index (χ2v) is 4.19. The zero-order valence-corrected chi connectivity index (χ0v) is 10.3. The normalized spacial score (nSPS) is 18.2. The molecule has 2 amide bonds. The monoisotopic (exact) mass is 280 g/mol. The molecule has 1 aliphatic rings. The second kappa shape index (κ2) is 5.53. The van der Waals surface area contributed by atoms with Crippen molar-refractivity contribution >= 4 is 23.2 Å². The van der Waals surface area contributed by atoms with E-state index in [9.17, 15) is 24.8 Å². The molecular formula is C11H12N4O5. The fraction of sp³-hybridized carbons (Fsp3) is 0.273. The number of anilines is 1. The van der Waals surface area contributed by atoms with Gasteiger partial charge in [0.1, 0.15) is 17.5 Å². The largest absolute Gasteiger partial charge is 0.508 e. The minimum absolute atomic E-state index is 0.00968. The van der Waals surface area contributed by atoms with E-state index >= 15 is 0 Å².